The number of aromatic nitrogens is 4. The molecule has 0 radical (unpaired) electrons. The average molecular weight is 450 g/mol. The lowest BCUT2D eigenvalue weighted by Crippen LogP contribution is -2.19. The van der Waals surface area contributed by atoms with Crippen LogP contribution >= 0.6 is 0 Å². The molecule has 2 aromatic carbocycles. The topological polar surface area (TPSA) is 94.0 Å². The molecule has 0 fully saturated rings. The normalized spacial score (nSPS) is 10.7. The first-order valence-electron chi connectivity index (χ1n) is 9.97. The molecule has 2 heterocycles. The molecular weight excluding hydrogens is 430 g/mol. The lowest BCUT2D eigenvalue weighted by atomic mass is 10.3. The van der Waals surface area contributed by atoms with Crippen molar-refractivity contribution in [2.24, 2.45) is 0 Å². The van der Waals surface area contributed by atoms with Crippen molar-refractivity contribution in [3.05, 3.63) is 83.4 Å². The van der Waals surface area contributed by atoms with Gasteiger partial charge in [0.05, 0.1) is 5.69 Å². The summed E-state index contributed by atoms with van der Waals surface area (Å²) in [5, 5.41) is 9.47. The fraction of sp³-hybridized carbons (Fsp3) is 0.130. The van der Waals surface area contributed by atoms with Crippen LogP contribution in [0.4, 0.5) is 25.0 Å². The molecule has 0 spiro atoms. The van der Waals surface area contributed by atoms with Gasteiger partial charge in [0.25, 0.3) is 0 Å². The van der Waals surface area contributed by atoms with Crippen LogP contribution in [-0.2, 0) is 0 Å². The van der Waals surface area contributed by atoms with E-state index in [1.165, 1.54) is 6.07 Å². The van der Waals surface area contributed by atoms with Crippen molar-refractivity contribution >= 4 is 17.4 Å². The van der Waals surface area contributed by atoms with E-state index in [-0.39, 0.29) is 5.69 Å². The second kappa shape index (κ2) is 9.03. The predicted octanol–water partition coefficient (Wildman–Crippen LogP) is 5.30. The van der Waals surface area contributed by atoms with E-state index in [1.54, 1.807) is 41.9 Å². The molecule has 0 unspecified atom stereocenters. The number of rotatable bonds is 5. The number of aryl methyl sites for hydroxylation is 3. The molecule has 0 atom stereocenters. The summed E-state index contributed by atoms with van der Waals surface area (Å²) in [5.41, 5.74) is 2.42. The summed E-state index contributed by atoms with van der Waals surface area (Å²) in [6, 6.07) is 12.7. The van der Waals surface area contributed by atoms with Crippen molar-refractivity contribution in [2.45, 2.75) is 20.8 Å². The molecule has 2 N–H and O–H groups in total. The number of hydrogen-bond acceptors (Lipinski definition) is 5. The number of nitrogens with zero attached hydrogens (tertiary/aromatic N) is 4. The number of benzene rings is 2. The Bertz CT molecular complexity index is 1320. The van der Waals surface area contributed by atoms with Crippen molar-refractivity contribution in [1.29, 1.82) is 0 Å². The Hall–Kier alpha value is -4.34. The molecule has 4 rings (SSSR count). The number of carbonyl (C=O) groups excluding carboxylic acids is 1. The summed E-state index contributed by atoms with van der Waals surface area (Å²) in [6.45, 7) is 5.61. The highest BCUT2D eigenvalue weighted by atomic mass is 19.2. The van der Waals surface area contributed by atoms with Gasteiger partial charge in [-0.05, 0) is 63.2 Å². The van der Waals surface area contributed by atoms with Crippen molar-refractivity contribution in [3.8, 4) is 17.4 Å². The fourth-order valence-electron chi connectivity index (χ4n) is 3.14. The number of halogens is 2. The van der Waals surface area contributed by atoms with E-state index >= 15 is 0 Å². The van der Waals surface area contributed by atoms with Crippen molar-refractivity contribution < 1.29 is 18.3 Å². The monoisotopic (exact) mass is 450 g/mol. The minimum absolute atomic E-state index is 0.129. The summed E-state index contributed by atoms with van der Waals surface area (Å²) in [5.74, 6) is -0.0639. The highest BCUT2D eigenvalue weighted by Crippen LogP contribution is 2.24. The first kappa shape index (κ1) is 21.9. The van der Waals surface area contributed by atoms with Gasteiger partial charge >= 0.3 is 6.03 Å². The van der Waals surface area contributed by atoms with E-state index in [4.69, 9.17) is 4.74 Å². The van der Waals surface area contributed by atoms with Crippen LogP contribution in [0.2, 0.25) is 0 Å². The maximum atomic E-state index is 13.3. The standard InChI is InChI=1S/C23H20F2N6O2/c1-13-10-14(2)31(30-13)21-12-22(27-15(3)26-21)33-18-7-4-16(5-8-18)28-23(32)29-17-6-9-19(24)20(25)11-17/h4-12H,1-3H3,(H2,28,29,32). The van der Waals surface area contributed by atoms with E-state index in [1.807, 2.05) is 19.9 Å². The van der Waals surface area contributed by atoms with E-state index in [9.17, 15) is 13.6 Å². The number of amides is 2. The number of ether oxygens (including phenoxy) is 1. The smallest absolute Gasteiger partial charge is 0.323 e. The number of nitrogens with one attached hydrogen (secondary N) is 2. The highest BCUT2D eigenvalue weighted by molar-refractivity contribution is 5.99. The van der Waals surface area contributed by atoms with Gasteiger partial charge in [0, 0.05) is 29.2 Å². The fourth-order valence-corrected chi connectivity index (χ4v) is 3.14. The molecule has 2 aromatic heterocycles. The van der Waals surface area contributed by atoms with Gasteiger partial charge in [0.2, 0.25) is 5.88 Å². The van der Waals surface area contributed by atoms with Crippen LogP contribution in [0.3, 0.4) is 0 Å². The minimum atomic E-state index is -1.05. The zero-order chi connectivity index (χ0) is 23.5. The number of anilines is 2. The van der Waals surface area contributed by atoms with Gasteiger partial charge in [-0.15, -0.1) is 0 Å². The van der Waals surface area contributed by atoms with Crippen LogP contribution in [0.1, 0.15) is 17.2 Å². The van der Waals surface area contributed by atoms with Gasteiger partial charge < -0.3 is 15.4 Å². The molecule has 0 aliphatic carbocycles. The molecule has 33 heavy (non-hydrogen) atoms. The molecule has 2 amide bonds. The molecule has 168 valence electrons. The molecule has 8 nitrogen and oxygen atoms in total. The van der Waals surface area contributed by atoms with Crippen LogP contribution in [0.25, 0.3) is 5.82 Å². The number of urea groups is 1. The van der Waals surface area contributed by atoms with Gasteiger partial charge in [-0.3, -0.25) is 0 Å². The lowest BCUT2D eigenvalue weighted by Gasteiger charge is -2.10. The molecule has 0 aliphatic heterocycles. The average Bonchev–Trinajstić information content (AvgIpc) is 3.10. The summed E-state index contributed by atoms with van der Waals surface area (Å²) < 4.78 is 33.8. The highest BCUT2D eigenvalue weighted by Gasteiger charge is 2.11. The third kappa shape index (κ3) is 5.29. The Morgan fingerprint density at radius 3 is 2.24 bits per heavy atom. The quantitative estimate of drug-likeness (QED) is 0.430. The van der Waals surface area contributed by atoms with Gasteiger partial charge in [-0.1, -0.05) is 0 Å². The Labute approximate surface area is 188 Å². The van der Waals surface area contributed by atoms with Crippen LogP contribution in [0, 0.1) is 32.4 Å². The molecule has 4 aromatic rings. The van der Waals surface area contributed by atoms with E-state index in [0.29, 0.717) is 29.0 Å². The summed E-state index contributed by atoms with van der Waals surface area (Å²) in [7, 11) is 0. The maximum absolute atomic E-state index is 13.3. The molecule has 0 aliphatic rings. The molecule has 0 saturated carbocycles. The minimum Gasteiger partial charge on any atom is -0.439 e. The first-order chi connectivity index (χ1) is 15.8. The zero-order valence-corrected chi connectivity index (χ0v) is 18.1. The van der Waals surface area contributed by atoms with E-state index in [0.717, 1.165) is 23.5 Å². The molecular formula is C23H20F2N6O2. The summed E-state index contributed by atoms with van der Waals surface area (Å²) in [4.78, 5) is 20.8. The zero-order valence-electron chi connectivity index (χ0n) is 18.1. The van der Waals surface area contributed by atoms with Gasteiger partial charge in [0.15, 0.2) is 17.5 Å². The summed E-state index contributed by atoms with van der Waals surface area (Å²) in [6.07, 6.45) is 0. The molecule has 10 heteroatoms. The SMILES string of the molecule is Cc1cc(C)n(-c2cc(Oc3ccc(NC(=O)Nc4ccc(F)c(F)c4)cc3)nc(C)n2)n1. The third-order valence-corrected chi connectivity index (χ3v) is 4.54. The van der Waals surface area contributed by atoms with Crippen molar-refractivity contribution in [3.63, 3.8) is 0 Å². The van der Waals surface area contributed by atoms with Gasteiger partial charge in [0.1, 0.15) is 11.6 Å². The van der Waals surface area contributed by atoms with Crippen molar-refractivity contribution in [1.82, 2.24) is 19.7 Å². The molecule has 0 bridgehead atoms. The second-order valence-electron chi connectivity index (χ2n) is 7.28. The van der Waals surface area contributed by atoms with Gasteiger partial charge in [-0.2, -0.15) is 10.1 Å². The van der Waals surface area contributed by atoms with Crippen molar-refractivity contribution in [2.75, 3.05) is 10.6 Å². The Morgan fingerprint density at radius 1 is 0.879 bits per heavy atom. The van der Waals surface area contributed by atoms with Gasteiger partial charge in [-0.25, -0.2) is 23.2 Å². The number of hydrogen-bond donors (Lipinski definition) is 2. The third-order valence-electron chi connectivity index (χ3n) is 4.54. The van der Waals surface area contributed by atoms with Crippen LogP contribution in [0.5, 0.6) is 11.6 Å². The molecule has 0 saturated heterocycles. The van der Waals surface area contributed by atoms with E-state index in [2.05, 4.69) is 25.7 Å². The largest absolute Gasteiger partial charge is 0.439 e. The number of carbonyl (C=O) groups is 1. The first-order valence-corrected chi connectivity index (χ1v) is 9.97. The second-order valence-corrected chi connectivity index (χ2v) is 7.28. The lowest BCUT2D eigenvalue weighted by molar-refractivity contribution is 0.262. The Balaban J connectivity index is 1.43. The summed E-state index contributed by atoms with van der Waals surface area (Å²) >= 11 is 0. The van der Waals surface area contributed by atoms with Crippen LogP contribution in [-0.4, -0.2) is 25.8 Å². The van der Waals surface area contributed by atoms with E-state index < -0.39 is 17.7 Å². The Kier molecular flexibility index (Phi) is 5.99. The van der Waals surface area contributed by atoms with Crippen LogP contribution < -0.4 is 15.4 Å². The maximum Gasteiger partial charge on any atom is 0.323 e. The predicted molar refractivity (Wildman–Crippen MR) is 119 cm³/mol. The Morgan fingerprint density at radius 2 is 1.58 bits per heavy atom. The van der Waals surface area contributed by atoms with Crippen LogP contribution in [0.15, 0.2) is 54.6 Å².